The molecule has 0 radical (unpaired) electrons. The van der Waals surface area contributed by atoms with Gasteiger partial charge in [-0.15, -0.1) is 0 Å². The van der Waals surface area contributed by atoms with Crippen molar-refractivity contribution in [3.63, 3.8) is 0 Å². The van der Waals surface area contributed by atoms with Gasteiger partial charge < -0.3 is 10.5 Å². The maximum absolute atomic E-state index is 12.7. The fraction of sp³-hybridized carbons (Fsp3) is 0.263. The Hall–Kier alpha value is -2.28. The molecule has 0 amide bonds. The molecular weight excluding hydrogens is 404 g/mol. The van der Waals surface area contributed by atoms with E-state index in [1.807, 2.05) is 24.3 Å². The first-order valence-electron chi connectivity index (χ1n) is 7.97. The summed E-state index contributed by atoms with van der Waals surface area (Å²) in [6.07, 6.45) is 0. The van der Waals surface area contributed by atoms with Gasteiger partial charge in [0.25, 0.3) is 0 Å². The molecule has 2 N–H and O–H groups in total. The summed E-state index contributed by atoms with van der Waals surface area (Å²) in [5, 5.41) is 0. The van der Waals surface area contributed by atoms with Crippen LogP contribution in [0, 0.1) is 13.8 Å². The highest BCUT2D eigenvalue weighted by molar-refractivity contribution is 9.10. The van der Waals surface area contributed by atoms with Gasteiger partial charge in [-0.25, -0.2) is 9.98 Å². The second-order valence-corrected chi connectivity index (χ2v) is 7.11. The van der Waals surface area contributed by atoms with Gasteiger partial charge in [0.1, 0.15) is 11.6 Å². The summed E-state index contributed by atoms with van der Waals surface area (Å²) in [5.74, 6) is 0.525. The Bertz CT molecular complexity index is 884. The minimum Gasteiger partial charge on any atom is -0.434 e. The summed E-state index contributed by atoms with van der Waals surface area (Å²) in [4.78, 5) is 9.37. The van der Waals surface area contributed by atoms with Gasteiger partial charge in [0.05, 0.1) is 5.71 Å². The van der Waals surface area contributed by atoms with Crippen LogP contribution < -0.4 is 10.5 Å². The zero-order valence-corrected chi connectivity index (χ0v) is 16.1. The molecule has 2 aromatic rings. The van der Waals surface area contributed by atoms with E-state index in [1.54, 1.807) is 32.9 Å². The van der Waals surface area contributed by atoms with E-state index < -0.39 is 12.3 Å². The van der Waals surface area contributed by atoms with Crippen molar-refractivity contribution in [2.24, 2.45) is 15.7 Å². The van der Waals surface area contributed by atoms with E-state index >= 15 is 0 Å². The third-order valence-electron chi connectivity index (χ3n) is 4.28. The first kappa shape index (κ1) is 18.5. The molecule has 136 valence electrons. The van der Waals surface area contributed by atoms with E-state index in [1.165, 1.54) is 0 Å². The van der Waals surface area contributed by atoms with Crippen LogP contribution in [0.4, 0.5) is 8.78 Å². The lowest BCUT2D eigenvalue weighted by atomic mass is 9.90. The van der Waals surface area contributed by atoms with Crippen molar-refractivity contribution in [1.82, 2.24) is 0 Å². The number of hydrogen-bond donors (Lipinski definition) is 1. The first-order valence-corrected chi connectivity index (χ1v) is 8.77. The first-order chi connectivity index (χ1) is 12.2. The van der Waals surface area contributed by atoms with Crippen molar-refractivity contribution in [1.29, 1.82) is 0 Å². The molecule has 1 unspecified atom stereocenters. The van der Waals surface area contributed by atoms with Crippen LogP contribution in [0.2, 0.25) is 0 Å². The van der Waals surface area contributed by atoms with Crippen molar-refractivity contribution in [2.45, 2.75) is 33.0 Å². The fourth-order valence-electron chi connectivity index (χ4n) is 3.14. The number of ether oxygens (including phenoxy) is 1. The molecule has 4 nitrogen and oxygen atoms in total. The van der Waals surface area contributed by atoms with Crippen molar-refractivity contribution in [2.75, 3.05) is 0 Å². The number of halogens is 3. The molecular formula is C19H18BrF2N3O. The van der Waals surface area contributed by atoms with Crippen molar-refractivity contribution in [3.05, 3.63) is 63.1 Å². The van der Waals surface area contributed by atoms with Gasteiger partial charge in [-0.2, -0.15) is 8.78 Å². The predicted molar refractivity (Wildman–Crippen MR) is 102 cm³/mol. The van der Waals surface area contributed by atoms with Crippen molar-refractivity contribution >= 4 is 27.5 Å². The van der Waals surface area contributed by atoms with Gasteiger partial charge in [-0.3, -0.25) is 0 Å². The van der Waals surface area contributed by atoms with Crippen LogP contribution in [0.3, 0.4) is 0 Å². The number of alkyl halides is 2. The summed E-state index contributed by atoms with van der Waals surface area (Å²) >= 11 is 3.47. The number of nitrogens with two attached hydrogens (primary N) is 1. The molecule has 0 saturated heterocycles. The summed E-state index contributed by atoms with van der Waals surface area (Å²) in [6, 6.07) is 11.2. The Labute approximate surface area is 158 Å². The molecule has 3 rings (SSSR count). The SMILES string of the molecule is CC1=NC(c2cccc(Br)c2)(c2cc(C)c(OC(F)F)c(C)c2)N=C1N. The summed E-state index contributed by atoms with van der Waals surface area (Å²) in [5.41, 5.74) is 8.35. The Morgan fingerprint density at radius 3 is 2.19 bits per heavy atom. The lowest BCUT2D eigenvalue weighted by Crippen LogP contribution is -2.23. The van der Waals surface area contributed by atoms with E-state index in [0.29, 0.717) is 22.7 Å². The Morgan fingerprint density at radius 1 is 1.04 bits per heavy atom. The third-order valence-corrected chi connectivity index (χ3v) is 4.77. The van der Waals surface area contributed by atoms with Gasteiger partial charge in [-0.05, 0) is 56.2 Å². The number of nitrogens with zero attached hydrogens (tertiary/aromatic N) is 2. The second kappa shape index (κ2) is 6.79. The number of amidine groups is 1. The van der Waals surface area contributed by atoms with Gasteiger partial charge in [0.2, 0.25) is 5.66 Å². The van der Waals surface area contributed by atoms with Gasteiger partial charge in [0, 0.05) is 15.6 Å². The largest absolute Gasteiger partial charge is 0.434 e. The molecule has 0 saturated carbocycles. The highest BCUT2D eigenvalue weighted by Gasteiger charge is 2.39. The van der Waals surface area contributed by atoms with Crippen LogP contribution in [0.25, 0.3) is 0 Å². The highest BCUT2D eigenvalue weighted by atomic mass is 79.9. The molecule has 0 aliphatic carbocycles. The molecule has 0 fully saturated rings. The quantitative estimate of drug-likeness (QED) is 0.777. The molecule has 1 heterocycles. The Balaban J connectivity index is 2.23. The minimum atomic E-state index is -2.88. The zero-order valence-electron chi connectivity index (χ0n) is 14.6. The van der Waals surface area contributed by atoms with E-state index in [9.17, 15) is 8.78 Å². The van der Waals surface area contributed by atoms with Crippen LogP contribution in [0.15, 0.2) is 50.9 Å². The Kier molecular flexibility index (Phi) is 4.84. The van der Waals surface area contributed by atoms with E-state index in [-0.39, 0.29) is 5.75 Å². The lowest BCUT2D eigenvalue weighted by molar-refractivity contribution is -0.0507. The molecule has 0 aromatic heterocycles. The molecule has 1 atom stereocenters. The molecule has 2 aromatic carbocycles. The van der Waals surface area contributed by atoms with Crippen LogP contribution >= 0.6 is 15.9 Å². The van der Waals surface area contributed by atoms with Gasteiger partial charge >= 0.3 is 6.61 Å². The molecule has 26 heavy (non-hydrogen) atoms. The third kappa shape index (κ3) is 3.23. The number of aryl methyl sites for hydroxylation is 2. The van der Waals surface area contributed by atoms with E-state index in [0.717, 1.165) is 15.6 Å². The summed E-state index contributed by atoms with van der Waals surface area (Å²) < 4.78 is 30.9. The highest BCUT2D eigenvalue weighted by Crippen LogP contribution is 2.41. The smallest absolute Gasteiger partial charge is 0.387 e. The number of rotatable bonds is 4. The number of hydrogen-bond acceptors (Lipinski definition) is 4. The van der Waals surface area contributed by atoms with Crippen LogP contribution in [-0.2, 0) is 5.66 Å². The topological polar surface area (TPSA) is 60.0 Å². The van der Waals surface area contributed by atoms with E-state index in [4.69, 9.17) is 10.7 Å². The van der Waals surface area contributed by atoms with Crippen LogP contribution in [-0.4, -0.2) is 18.2 Å². The summed E-state index contributed by atoms with van der Waals surface area (Å²) in [6.45, 7) is 2.37. The van der Waals surface area contributed by atoms with Crippen molar-refractivity contribution in [3.8, 4) is 5.75 Å². The minimum absolute atomic E-state index is 0.170. The fourth-order valence-corrected chi connectivity index (χ4v) is 3.54. The maximum Gasteiger partial charge on any atom is 0.387 e. The predicted octanol–water partition coefficient (Wildman–Crippen LogP) is 4.70. The van der Waals surface area contributed by atoms with E-state index in [2.05, 4.69) is 25.7 Å². The number of benzene rings is 2. The molecule has 1 aliphatic heterocycles. The average Bonchev–Trinajstić information content (AvgIpc) is 2.87. The molecule has 0 bridgehead atoms. The van der Waals surface area contributed by atoms with Crippen LogP contribution in [0.1, 0.15) is 29.2 Å². The maximum atomic E-state index is 12.7. The zero-order chi connectivity index (χ0) is 19.1. The Morgan fingerprint density at radius 2 is 1.69 bits per heavy atom. The van der Waals surface area contributed by atoms with Crippen molar-refractivity contribution < 1.29 is 13.5 Å². The van der Waals surface area contributed by atoms with Gasteiger partial charge in [0.15, 0.2) is 0 Å². The molecule has 1 aliphatic rings. The molecule has 0 spiro atoms. The molecule has 7 heteroatoms. The van der Waals surface area contributed by atoms with Crippen LogP contribution in [0.5, 0.6) is 5.75 Å². The average molecular weight is 422 g/mol. The standard InChI is InChI=1S/C19H18BrF2N3O/c1-10-7-14(8-11(2)16(10)26-18(21)22)19(24-12(3)17(23)25-19)13-5-4-6-15(20)9-13/h4-9,18H,1-3H3,(H2,23,25). The second-order valence-electron chi connectivity index (χ2n) is 6.19. The number of aliphatic imine (C=N–C) groups is 2. The normalized spacial score (nSPS) is 19.5. The monoisotopic (exact) mass is 421 g/mol. The summed E-state index contributed by atoms with van der Waals surface area (Å²) in [7, 11) is 0. The lowest BCUT2D eigenvalue weighted by Gasteiger charge is -2.26. The van der Waals surface area contributed by atoms with Gasteiger partial charge in [-0.1, -0.05) is 28.1 Å².